The van der Waals surface area contributed by atoms with E-state index in [-0.39, 0.29) is 42.7 Å². The molecule has 0 spiro atoms. The molecule has 0 fully saturated rings. The number of aryl methyl sites for hydroxylation is 2. The lowest BCUT2D eigenvalue weighted by atomic mass is 10.0. The summed E-state index contributed by atoms with van der Waals surface area (Å²) < 4.78 is 35.6. The fraction of sp³-hybridized carbons (Fsp3) is 0.464. The van der Waals surface area contributed by atoms with E-state index < -0.39 is 52.7 Å². The standard InChI is InChI=1S/C28H34FN5O8/c1-8-39-27(38)42-25(15(2)3)41-21-20(19(35)14-11-17-9-12-18(29)13-10-17)30-26(34(7)24(21)37)28(5,6)31-22(36)23-33-32-16(4)40-23/h9-10,12-13,15,25H,8,11,14H2,1-7H3,(H,31,36). The number of hydrogen-bond acceptors (Lipinski definition) is 11. The molecule has 14 heteroatoms. The lowest BCUT2D eigenvalue weighted by molar-refractivity contribution is -0.0884. The van der Waals surface area contributed by atoms with Crippen molar-refractivity contribution in [2.24, 2.45) is 13.0 Å². The molecule has 0 bridgehead atoms. The number of halogens is 1. The fourth-order valence-electron chi connectivity index (χ4n) is 3.90. The van der Waals surface area contributed by atoms with Crippen molar-refractivity contribution in [3.05, 3.63) is 69.3 Å². The maximum Gasteiger partial charge on any atom is 0.511 e. The van der Waals surface area contributed by atoms with Crippen molar-refractivity contribution in [1.82, 2.24) is 25.1 Å². The maximum absolute atomic E-state index is 13.7. The Balaban J connectivity index is 2.04. The molecule has 226 valence electrons. The van der Waals surface area contributed by atoms with Gasteiger partial charge in [0.2, 0.25) is 11.6 Å². The molecular weight excluding hydrogens is 553 g/mol. The van der Waals surface area contributed by atoms with Gasteiger partial charge in [-0.3, -0.25) is 19.0 Å². The number of aromatic nitrogens is 4. The number of nitrogens with one attached hydrogen (secondary N) is 1. The van der Waals surface area contributed by atoms with Crippen LogP contribution in [-0.2, 0) is 28.5 Å². The minimum absolute atomic E-state index is 0.0157. The Hall–Kier alpha value is -4.62. The Morgan fingerprint density at radius 3 is 2.38 bits per heavy atom. The van der Waals surface area contributed by atoms with Gasteiger partial charge in [0.25, 0.3) is 11.8 Å². The predicted molar refractivity (Wildman–Crippen MR) is 145 cm³/mol. The molecule has 1 N–H and O–H groups in total. The number of amides is 1. The zero-order chi connectivity index (χ0) is 31.2. The van der Waals surface area contributed by atoms with Gasteiger partial charge < -0.3 is 23.9 Å². The molecule has 0 aliphatic carbocycles. The lowest BCUT2D eigenvalue weighted by Crippen LogP contribution is -2.46. The number of nitrogens with zero attached hydrogens (tertiary/aromatic N) is 4. The summed E-state index contributed by atoms with van der Waals surface area (Å²) in [5.74, 6) is -2.69. The van der Waals surface area contributed by atoms with E-state index in [9.17, 15) is 23.6 Å². The van der Waals surface area contributed by atoms with Crippen molar-refractivity contribution < 1.29 is 37.4 Å². The number of hydrogen-bond donors (Lipinski definition) is 1. The van der Waals surface area contributed by atoms with Crippen LogP contribution in [0.25, 0.3) is 0 Å². The van der Waals surface area contributed by atoms with E-state index in [0.717, 1.165) is 4.57 Å². The first-order valence-electron chi connectivity index (χ1n) is 13.2. The second kappa shape index (κ2) is 13.4. The number of ether oxygens (including phenoxy) is 3. The highest BCUT2D eigenvalue weighted by atomic mass is 19.1. The highest BCUT2D eigenvalue weighted by Crippen LogP contribution is 2.25. The molecule has 2 heterocycles. The van der Waals surface area contributed by atoms with E-state index in [1.165, 1.54) is 26.1 Å². The quantitative estimate of drug-likeness (QED) is 0.187. The van der Waals surface area contributed by atoms with Crippen LogP contribution in [0.3, 0.4) is 0 Å². The number of Topliss-reactive ketones (excluding diaryl/α,β-unsaturated/α-hetero) is 1. The van der Waals surface area contributed by atoms with Gasteiger partial charge in [0.15, 0.2) is 11.5 Å². The van der Waals surface area contributed by atoms with Crippen LogP contribution in [0, 0.1) is 18.7 Å². The molecule has 1 aromatic carbocycles. The summed E-state index contributed by atoms with van der Waals surface area (Å²) in [6.45, 7) is 9.70. The Morgan fingerprint density at radius 1 is 1.14 bits per heavy atom. The van der Waals surface area contributed by atoms with Crippen LogP contribution < -0.4 is 15.6 Å². The SMILES string of the molecule is CCOC(=O)OC(Oc1c(C(=O)CCc2ccc(F)cc2)nc(C(C)(C)NC(=O)c2nnc(C)o2)n(C)c1=O)C(C)C. The highest BCUT2D eigenvalue weighted by Gasteiger charge is 2.34. The first kappa shape index (κ1) is 31.9. The maximum atomic E-state index is 13.7. The first-order chi connectivity index (χ1) is 19.7. The van der Waals surface area contributed by atoms with Gasteiger partial charge in [0, 0.05) is 26.3 Å². The van der Waals surface area contributed by atoms with E-state index in [0.29, 0.717) is 5.56 Å². The third-order valence-electron chi connectivity index (χ3n) is 6.03. The van der Waals surface area contributed by atoms with Crippen LogP contribution in [-0.4, -0.2) is 50.5 Å². The number of carbonyl (C=O) groups is 3. The fourth-order valence-corrected chi connectivity index (χ4v) is 3.90. The first-order valence-corrected chi connectivity index (χ1v) is 13.2. The van der Waals surface area contributed by atoms with E-state index in [2.05, 4.69) is 20.5 Å². The molecule has 0 saturated carbocycles. The average Bonchev–Trinajstić information content (AvgIpc) is 3.36. The molecule has 0 saturated heterocycles. The van der Waals surface area contributed by atoms with E-state index in [4.69, 9.17) is 18.6 Å². The van der Waals surface area contributed by atoms with Gasteiger partial charge in [0.1, 0.15) is 11.6 Å². The van der Waals surface area contributed by atoms with Crippen LogP contribution in [0.1, 0.15) is 79.5 Å². The third kappa shape index (κ3) is 7.77. The summed E-state index contributed by atoms with van der Waals surface area (Å²) in [6, 6.07) is 5.64. The number of carbonyl (C=O) groups excluding carboxylic acids is 3. The van der Waals surface area contributed by atoms with Crippen molar-refractivity contribution in [3.63, 3.8) is 0 Å². The molecule has 2 aromatic heterocycles. The minimum atomic E-state index is -1.32. The molecule has 13 nitrogen and oxygen atoms in total. The van der Waals surface area contributed by atoms with E-state index >= 15 is 0 Å². The van der Waals surface area contributed by atoms with Crippen LogP contribution in [0.4, 0.5) is 9.18 Å². The Morgan fingerprint density at radius 2 is 1.81 bits per heavy atom. The van der Waals surface area contributed by atoms with Crippen LogP contribution in [0.2, 0.25) is 0 Å². The summed E-state index contributed by atoms with van der Waals surface area (Å²) in [6.07, 6.45) is -2.20. The Bertz CT molecular complexity index is 1500. The summed E-state index contributed by atoms with van der Waals surface area (Å²) >= 11 is 0. The molecule has 0 radical (unpaired) electrons. The molecule has 0 aliphatic heterocycles. The summed E-state index contributed by atoms with van der Waals surface area (Å²) in [7, 11) is 1.39. The molecule has 42 heavy (non-hydrogen) atoms. The molecule has 1 atom stereocenters. The van der Waals surface area contributed by atoms with Crippen molar-refractivity contribution in [3.8, 4) is 5.75 Å². The van der Waals surface area contributed by atoms with Crippen LogP contribution in [0.15, 0.2) is 33.5 Å². The predicted octanol–water partition coefficient (Wildman–Crippen LogP) is 3.63. The van der Waals surface area contributed by atoms with E-state index in [1.807, 2.05) is 0 Å². The summed E-state index contributed by atoms with van der Waals surface area (Å²) in [4.78, 5) is 56.5. The van der Waals surface area contributed by atoms with Gasteiger partial charge in [-0.25, -0.2) is 14.2 Å². The minimum Gasteiger partial charge on any atom is -0.446 e. The molecule has 3 aromatic rings. The molecule has 1 unspecified atom stereocenters. The van der Waals surface area contributed by atoms with Crippen molar-refractivity contribution >= 4 is 17.8 Å². The smallest absolute Gasteiger partial charge is 0.446 e. The monoisotopic (exact) mass is 587 g/mol. The highest BCUT2D eigenvalue weighted by molar-refractivity contribution is 5.97. The van der Waals surface area contributed by atoms with Gasteiger partial charge >= 0.3 is 18.0 Å². The number of ketones is 1. The van der Waals surface area contributed by atoms with Crippen LogP contribution in [0.5, 0.6) is 5.75 Å². The van der Waals surface area contributed by atoms with Gasteiger partial charge in [-0.15, -0.1) is 10.2 Å². The van der Waals surface area contributed by atoms with Gasteiger partial charge in [-0.05, 0) is 44.9 Å². The van der Waals surface area contributed by atoms with Gasteiger partial charge in [0.05, 0.1) is 12.1 Å². The molecule has 1 amide bonds. The topological polar surface area (TPSA) is 165 Å². The van der Waals surface area contributed by atoms with Crippen molar-refractivity contribution in [2.75, 3.05) is 6.61 Å². The van der Waals surface area contributed by atoms with E-state index in [1.54, 1.807) is 46.8 Å². The average molecular weight is 588 g/mol. The molecule has 3 rings (SSSR count). The lowest BCUT2D eigenvalue weighted by Gasteiger charge is -2.28. The zero-order valence-electron chi connectivity index (χ0n) is 24.5. The zero-order valence-corrected chi connectivity index (χ0v) is 24.5. The van der Waals surface area contributed by atoms with Gasteiger partial charge in [-0.2, -0.15) is 0 Å². The molecule has 0 aliphatic rings. The second-order valence-electron chi connectivity index (χ2n) is 10.3. The Kier molecular flexibility index (Phi) is 10.1. The normalized spacial score (nSPS) is 12.1. The summed E-state index contributed by atoms with van der Waals surface area (Å²) in [5.41, 5.74) is -1.73. The summed E-state index contributed by atoms with van der Waals surface area (Å²) in [5, 5.41) is 10.0. The second-order valence-corrected chi connectivity index (χ2v) is 10.3. The number of benzene rings is 1. The third-order valence-corrected chi connectivity index (χ3v) is 6.03. The Labute approximate surface area is 241 Å². The van der Waals surface area contributed by atoms with Gasteiger partial charge in [-0.1, -0.05) is 26.0 Å². The number of rotatable bonds is 12. The van der Waals surface area contributed by atoms with Crippen LogP contribution >= 0.6 is 0 Å². The van der Waals surface area contributed by atoms with Crippen molar-refractivity contribution in [2.45, 2.75) is 66.2 Å². The van der Waals surface area contributed by atoms with Crippen molar-refractivity contribution in [1.29, 1.82) is 0 Å². The largest absolute Gasteiger partial charge is 0.511 e. The molecular formula is C28H34FN5O8.